The summed E-state index contributed by atoms with van der Waals surface area (Å²) in [5.74, 6) is 0. The van der Waals surface area contributed by atoms with Crippen LogP contribution in [0.25, 0.3) is 6.08 Å². The van der Waals surface area contributed by atoms with Crippen LogP contribution in [0, 0.1) is 0 Å². The first kappa shape index (κ1) is 22.8. The van der Waals surface area contributed by atoms with Crippen molar-refractivity contribution < 1.29 is 0 Å². The van der Waals surface area contributed by atoms with Crippen molar-refractivity contribution >= 4 is 60.1 Å². The monoisotopic (exact) mass is 240 g/mol. The van der Waals surface area contributed by atoms with Crippen molar-refractivity contribution in [2.45, 2.75) is 0 Å². The molecule has 12 heavy (non-hydrogen) atoms. The third kappa shape index (κ3) is 8.46. The highest BCUT2D eigenvalue weighted by Gasteiger charge is 1.75. The first-order valence-electron chi connectivity index (χ1n) is 2.61. The summed E-state index contributed by atoms with van der Waals surface area (Å²) in [6.07, 6.45) is 1.83. The predicted molar refractivity (Wildman–Crippen MR) is 78.1 cm³/mol. The van der Waals surface area contributed by atoms with E-state index < -0.39 is 0 Å². The minimum Gasteiger partial charge on any atom is -0.197 e. The van der Waals surface area contributed by atoms with E-state index >= 15 is 0 Å². The SMILES string of the molecule is C=Cc1ccccc1.S.S.S.S. The standard InChI is InChI=1S/C8H8.4H2S/c1-2-8-6-4-3-5-7-8;;;;/h2-7H,1H2;4*1H2. The second-order valence-electron chi connectivity index (χ2n) is 1.61. The van der Waals surface area contributed by atoms with E-state index in [-0.39, 0.29) is 54.0 Å². The van der Waals surface area contributed by atoms with Gasteiger partial charge in [0, 0.05) is 0 Å². The lowest BCUT2D eigenvalue weighted by molar-refractivity contribution is 1.67. The highest BCUT2D eigenvalue weighted by Crippen LogP contribution is 1.97. The van der Waals surface area contributed by atoms with Crippen LogP contribution in [0.1, 0.15) is 5.56 Å². The molecule has 0 aromatic heterocycles. The Kier molecular flexibility index (Phi) is 26.5. The first-order chi connectivity index (χ1) is 3.93. The van der Waals surface area contributed by atoms with E-state index in [1.165, 1.54) is 5.56 Å². The maximum atomic E-state index is 3.63. The Hall–Kier alpha value is 0.360. The molecule has 0 aliphatic heterocycles. The molecule has 72 valence electrons. The quantitative estimate of drug-likeness (QED) is 0.708. The fourth-order valence-corrected chi connectivity index (χ4v) is 0.589. The number of hydrogen-bond donors (Lipinski definition) is 0. The van der Waals surface area contributed by atoms with E-state index in [1.54, 1.807) is 0 Å². The Morgan fingerprint density at radius 1 is 0.833 bits per heavy atom. The van der Waals surface area contributed by atoms with Crippen LogP contribution >= 0.6 is 54.0 Å². The summed E-state index contributed by atoms with van der Waals surface area (Å²) in [5.41, 5.74) is 1.17. The van der Waals surface area contributed by atoms with Crippen molar-refractivity contribution in [2.24, 2.45) is 0 Å². The zero-order valence-electron chi connectivity index (χ0n) is 6.67. The third-order valence-electron chi connectivity index (χ3n) is 1.04. The van der Waals surface area contributed by atoms with Gasteiger partial charge in [-0.25, -0.2) is 0 Å². The van der Waals surface area contributed by atoms with Gasteiger partial charge >= 0.3 is 0 Å². The molecule has 0 fully saturated rings. The Bertz CT molecular complexity index is 174. The van der Waals surface area contributed by atoms with Crippen LogP contribution in [0.15, 0.2) is 36.9 Å². The van der Waals surface area contributed by atoms with Gasteiger partial charge in [-0.15, -0.1) is 0 Å². The van der Waals surface area contributed by atoms with Crippen molar-refractivity contribution in [3.63, 3.8) is 0 Å². The second-order valence-corrected chi connectivity index (χ2v) is 1.61. The topological polar surface area (TPSA) is 0 Å². The normalized spacial score (nSPS) is 5.67. The Labute approximate surface area is 102 Å². The van der Waals surface area contributed by atoms with Crippen molar-refractivity contribution in [2.75, 3.05) is 0 Å². The summed E-state index contributed by atoms with van der Waals surface area (Å²) >= 11 is 0. The summed E-state index contributed by atoms with van der Waals surface area (Å²) in [6, 6.07) is 10.0. The summed E-state index contributed by atoms with van der Waals surface area (Å²) in [7, 11) is 0. The van der Waals surface area contributed by atoms with Crippen LogP contribution in [0.4, 0.5) is 0 Å². The maximum Gasteiger partial charge on any atom is -0.0263 e. The first-order valence-corrected chi connectivity index (χ1v) is 2.61. The molecule has 0 amide bonds. The fraction of sp³-hybridized carbons (Fsp3) is 0. The van der Waals surface area contributed by atoms with Crippen molar-refractivity contribution in [3.8, 4) is 0 Å². The number of rotatable bonds is 1. The molecule has 0 heterocycles. The molecule has 0 bridgehead atoms. The molecule has 1 aromatic carbocycles. The molecule has 0 spiro atoms. The molecule has 4 heteroatoms. The molecular weight excluding hydrogens is 224 g/mol. The van der Waals surface area contributed by atoms with E-state index in [1.807, 2.05) is 36.4 Å². The van der Waals surface area contributed by atoms with Gasteiger partial charge in [0.25, 0.3) is 0 Å². The highest BCUT2D eigenvalue weighted by atomic mass is 32.1. The van der Waals surface area contributed by atoms with E-state index in [4.69, 9.17) is 0 Å². The summed E-state index contributed by atoms with van der Waals surface area (Å²) in [6.45, 7) is 3.63. The van der Waals surface area contributed by atoms with E-state index in [9.17, 15) is 0 Å². The van der Waals surface area contributed by atoms with Gasteiger partial charge in [0.15, 0.2) is 0 Å². The molecule has 0 nitrogen and oxygen atoms in total. The van der Waals surface area contributed by atoms with Gasteiger partial charge in [0.05, 0.1) is 0 Å². The fourth-order valence-electron chi connectivity index (χ4n) is 0.589. The largest absolute Gasteiger partial charge is 0.197 e. The van der Waals surface area contributed by atoms with Crippen LogP contribution in [0.5, 0.6) is 0 Å². The minimum absolute atomic E-state index is 0. The van der Waals surface area contributed by atoms with Crippen LogP contribution in [-0.2, 0) is 0 Å². The molecule has 0 saturated carbocycles. The van der Waals surface area contributed by atoms with Gasteiger partial charge < -0.3 is 0 Å². The molecule has 1 rings (SSSR count). The predicted octanol–water partition coefficient (Wildman–Crippen LogP) is 2.78. The summed E-state index contributed by atoms with van der Waals surface area (Å²) in [4.78, 5) is 0. The van der Waals surface area contributed by atoms with E-state index in [0.717, 1.165) is 0 Å². The molecule has 0 aliphatic carbocycles. The Morgan fingerprint density at radius 2 is 1.25 bits per heavy atom. The average molecular weight is 240 g/mol. The molecule has 0 radical (unpaired) electrons. The maximum absolute atomic E-state index is 3.63. The van der Waals surface area contributed by atoms with E-state index in [2.05, 4.69) is 6.58 Å². The average Bonchev–Trinajstić information content (AvgIpc) is 1.90. The summed E-state index contributed by atoms with van der Waals surface area (Å²) in [5, 5.41) is 0. The molecule has 1 aromatic rings. The Balaban J connectivity index is -0.0000000800. The third-order valence-corrected chi connectivity index (χ3v) is 1.04. The smallest absolute Gasteiger partial charge is 0.0263 e. The van der Waals surface area contributed by atoms with Gasteiger partial charge in [0.2, 0.25) is 0 Å². The van der Waals surface area contributed by atoms with Crippen molar-refractivity contribution in [3.05, 3.63) is 42.5 Å². The lowest BCUT2D eigenvalue weighted by atomic mass is 10.2. The van der Waals surface area contributed by atoms with Crippen LogP contribution < -0.4 is 0 Å². The number of benzene rings is 1. The molecule has 0 aliphatic rings. The lowest BCUT2D eigenvalue weighted by Gasteiger charge is -1.85. The van der Waals surface area contributed by atoms with Gasteiger partial charge in [0.1, 0.15) is 0 Å². The molecule has 0 unspecified atom stereocenters. The van der Waals surface area contributed by atoms with Gasteiger partial charge in [-0.2, -0.15) is 54.0 Å². The molecule has 0 N–H and O–H groups in total. The Morgan fingerprint density at radius 3 is 1.50 bits per heavy atom. The molecular formula is C8H16S4. The second kappa shape index (κ2) is 13.9. The van der Waals surface area contributed by atoms with Crippen molar-refractivity contribution in [1.82, 2.24) is 0 Å². The zero-order chi connectivity index (χ0) is 5.82. The van der Waals surface area contributed by atoms with E-state index in [0.29, 0.717) is 0 Å². The zero-order valence-corrected chi connectivity index (χ0v) is 10.7. The lowest BCUT2D eigenvalue weighted by Crippen LogP contribution is -1.63. The molecule has 0 saturated heterocycles. The van der Waals surface area contributed by atoms with Crippen LogP contribution in [-0.4, -0.2) is 0 Å². The minimum atomic E-state index is 0. The van der Waals surface area contributed by atoms with Crippen molar-refractivity contribution in [1.29, 1.82) is 0 Å². The highest BCUT2D eigenvalue weighted by molar-refractivity contribution is 7.59. The molecule has 0 atom stereocenters. The van der Waals surface area contributed by atoms with Gasteiger partial charge in [-0.05, 0) is 5.56 Å². The number of hydrogen-bond acceptors (Lipinski definition) is 0. The van der Waals surface area contributed by atoms with Gasteiger partial charge in [-0.1, -0.05) is 43.0 Å². The van der Waals surface area contributed by atoms with Crippen LogP contribution in [0.3, 0.4) is 0 Å². The van der Waals surface area contributed by atoms with Crippen LogP contribution in [0.2, 0.25) is 0 Å². The van der Waals surface area contributed by atoms with Gasteiger partial charge in [-0.3, -0.25) is 0 Å². The summed E-state index contributed by atoms with van der Waals surface area (Å²) < 4.78 is 0.